The van der Waals surface area contributed by atoms with Crippen molar-refractivity contribution in [2.75, 3.05) is 7.11 Å². The Balaban J connectivity index is 2.75. The molecule has 0 aliphatic rings. The van der Waals surface area contributed by atoms with Crippen LogP contribution in [0.2, 0.25) is 0 Å². The largest absolute Gasteiger partial charge is 0.463 e. The second kappa shape index (κ2) is 4.53. The van der Waals surface area contributed by atoms with Crippen molar-refractivity contribution >= 4 is 22.7 Å². The van der Waals surface area contributed by atoms with Crippen LogP contribution in [0.5, 0.6) is 0 Å². The summed E-state index contributed by atoms with van der Waals surface area (Å²) in [5.41, 5.74) is 1.75. The van der Waals surface area contributed by atoms with Crippen LogP contribution in [-0.4, -0.2) is 23.8 Å². The summed E-state index contributed by atoms with van der Waals surface area (Å²) in [6, 6.07) is 7.45. The molecule has 1 N–H and O–H groups in total. The van der Waals surface area contributed by atoms with Crippen molar-refractivity contribution in [2.24, 2.45) is 0 Å². The Hall–Kier alpha value is -2.10. The van der Waals surface area contributed by atoms with E-state index in [4.69, 9.17) is 0 Å². The molecule has 1 aromatic carbocycles. The Kier molecular flexibility index (Phi) is 3.18. The van der Waals surface area contributed by atoms with Gasteiger partial charge in [0.1, 0.15) is 0 Å². The number of aromatic nitrogens is 1. The number of carbonyl (C=O) groups excluding carboxylic acids is 2. The molecule has 0 fully saturated rings. The van der Waals surface area contributed by atoms with Crippen LogP contribution in [0.3, 0.4) is 0 Å². The standard InChI is InChI=1S/C15H17NO3/c1-15(2,3)13-11(12(17)14(18)19-4)9-7-5-6-8-10(9)16-13/h5-8,16H,1-4H3. The van der Waals surface area contributed by atoms with Gasteiger partial charge in [-0.15, -0.1) is 0 Å². The molecule has 0 saturated carbocycles. The van der Waals surface area contributed by atoms with E-state index in [0.717, 1.165) is 16.6 Å². The van der Waals surface area contributed by atoms with Crippen LogP contribution in [0.4, 0.5) is 0 Å². The Morgan fingerprint density at radius 1 is 1.16 bits per heavy atom. The first kappa shape index (κ1) is 13.3. The Morgan fingerprint density at radius 2 is 1.79 bits per heavy atom. The van der Waals surface area contributed by atoms with E-state index in [9.17, 15) is 9.59 Å². The molecule has 100 valence electrons. The molecule has 0 unspecified atom stereocenters. The molecule has 0 radical (unpaired) electrons. The first-order chi connectivity index (χ1) is 8.86. The summed E-state index contributed by atoms with van der Waals surface area (Å²) in [4.78, 5) is 27.0. The molecule has 0 atom stereocenters. The van der Waals surface area contributed by atoms with Gasteiger partial charge in [0.25, 0.3) is 5.78 Å². The third kappa shape index (κ3) is 2.26. The highest BCUT2D eigenvalue weighted by Gasteiger charge is 2.30. The Bertz CT molecular complexity index is 647. The molecule has 0 saturated heterocycles. The monoisotopic (exact) mass is 259 g/mol. The van der Waals surface area contributed by atoms with Crippen molar-refractivity contribution in [3.8, 4) is 0 Å². The number of para-hydroxylation sites is 1. The van der Waals surface area contributed by atoms with Gasteiger partial charge in [0.2, 0.25) is 0 Å². The number of esters is 1. The van der Waals surface area contributed by atoms with Gasteiger partial charge in [-0.05, 0) is 6.07 Å². The van der Waals surface area contributed by atoms with E-state index in [2.05, 4.69) is 9.72 Å². The zero-order valence-corrected chi connectivity index (χ0v) is 11.5. The summed E-state index contributed by atoms with van der Waals surface area (Å²) >= 11 is 0. The number of hydrogen-bond acceptors (Lipinski definition) is 3. The average Bonchev–Trinajstić information content (AvgIpc) is 2.76. The van der Waals surface area contributed by atoms with E-state index < -0.39 is 11.8 Å². The van der Waals surface area contributed by atoms with E-state index >= 15 is 0 Å². The van der Waals surface area contributed by atoms with Crippen molar-refractivity contribution in [3.63, 3.8) is 0 Å². The second-order valence-electron chi connectivity index (χ2n) is 5.49. The van der Waals surface area contributed by atoms with Crippen LogP contribution in [0.25, 0.3) is 10.9 Å². The van der Waals surface area contributed by atoms with E-state index in [1.807, 2.05) is 45.0 Å². The molecule has 4 nitrogen and oxygen atoms in total. The number of ketones is 1. The number of ether oxygens (including phenoxy) is 1. The minimum absolute atomic E-state index is 0.266. The van der Waals surface area contributed by atoms with Crippen LogP contribution in [0.1, 0.15) is 36.8 Å². The zero-order valence-electron chi connectivity index (χ0n) is 11.5. The number of nitrogens with one attached hydrogen (secondary N) is 1. The first-order valence-corrected chi connectivity index (χ1v) is 6.10. The molecule has 0 aliphatic heterocycles. The number of benzene rings is 1. The number of hydrogen-bond donors (Lipinski definition) is 1. The normalized spacial score (nSPS) is 11.6. The van der Waals surface area contributed by atoms with Crippen molar-refractivity contribution in [2.45, 2.75) is 26.2 Å². The smallest absolute Gasteiger partial charge is 0.379 e. The highest BCUT2D eigenvalue weighted by atomic mass is 16.5. The van der Waals surface area contributed by atoms with E-state index in [0.29, 0.717) is 5.56 Å². The van der Waals surface area contributed by atoms with Gasteiger partial charge < -0.3 is 9.72 Å². The molecule has 19 heavy (non-hydrogen) atoms. The molecule has 0 bridgehead atoms. The van der Waals surface area contributed by atoms with Gasteiger partial charge in [0, 0.05) is 22.0 Å². The summed E-state index contributed by atoms with van der Waals surface area (Å²) in [5, 5.41) is 0.753. The SMILES string of the molecule is COC(=O)C(=O)c1c(C(C)(C)C)[nH]c2ccccc12. The van der Waals surface area contributed by atoms with E-state index in [1.54, 1.807) is 0 Å². The number of methoxy groups -OCH3 is 1. The van der Waals surface area contributed by atoms with Crippen molar-refractivity contribution in [1.29, 1.82) is 0 Å². The van der Waals surface area contributed by atoms with Gasteiger partial charge in [-0.2, -0.15) is 0 Å². The number of fused-ring (bicyclic) bond motifs is 1. The second-order valence-corrected chi connectivity index (χ2v) is 5.49. The summed E-state index contributed by atoms with van der Waals surface area (Å²) in [7, 11) is 1.21. The molecule has 4 heteroatoms. The summed E-state index contributed by atoms with van der Waals surface area (Å²) in [5.74, 6) is -1.44. The molecule has 0 aliphatic carbocycles. The van der Waals surface area contributed by atoms with Gasteiger partial charge in [-0.25, -0.2) is 4.79 Å². The fraction of sp³-hybridized carbons (Fsp3) is 0.333. The summed E-state index contributed by atoms with van der Waals surface area (Å²) in [6.45, 7) is 5.98. The van der Waals surface area contributed by atoms with Gasteiger partial charge in [-0.1, -0.05) is 39.0 Å². The summed E-state index contributed by atoms with van der Waals surface area (Å²) < 4.78 is 4.55. The molecule has 1 heterocycles. The van der Waals surface area contributed by atoms with Gasteiger partial charge >= 0.3 is 5.97 Å². The number of rotatable bonds is 2. The molecule has 1 aromatic heterocycles. The zero-order chi connectivity index (χ0) is 14.2. The molecular formula is C15H17NO3. The summed E-state index contributed by atoms with van der Waals surface area (Å²) in [6.07, 6.45) is 0. The maximum absolute atomic E-state index is 12.2. The minimum Gasteiger partial charge on any atom is -0.463 e. The van der Waals surface area contributed by atoms with Crippen LogP contribution in [0, 0.1) is 0 Å². The van der Waals surface area contributed by atoms with Gasteiger partial charge in [0.05, 0.1) is 12.7 Å². The van der Waals surface area contributed by atoms with Crippen molar-refractivity contribution in [3.05, 3.63) is 35.5 Å². The lowest BCUT2D eigenvalue weighted by Crippen LogP contribution is -2.22. The average molecular weight is 259 g/mol. The third-order valence-corrected chi connectivity index (χ3v) is 3.05. The van der Waals surface area contributed by atoms with Crippen molar-refractivity contribution in [1.82, 2.24) is 4.98 Å². The van der Waals surface area contributed by atoms with Gasteiger partial charge in [0.15, 0.2) is 0 Å². The molecule has 2 rings (SSSR count). The fourth-order valence-corrected chi connectivity index (χ4v) is 2.14. The molecule has 2 aromatic rings. The number of Topliss-reactive ketones (excluding diaryl/α,β-unsaturated/α-hetero) is 1. The predicted octanol–water partition coefficient (Wildman–Crippen LogP) is 2.82. The number of H-pyrrole nitrogens is 1. The lowest BCUT2D eigenvalue weighted by molar-refractivity contribution is -0.135. The molecule has 0 amide bonds. The highest BCUT2D eigenvalue weighted by Crippen LogP contribution is 2.31. The number of carbonyl (C=O) groups is 2. The number of aromatic amines is 1. The quantitative estimate of drug-likeness (QED) is 0.512. The lowest BCUT2D eigenvalue weighted by atomic mass is 9.87. The van der Waals surface area contributed by atoms with Gasteiger partial charge in [-0.3, -0.25) is 4.79 Å². The Morgan fingerprint density at radius 3 is 2.37 bits per heavy atom. The first-order valence-electron chi connectivity index (χ1n) is 6.10. The van der Waals surface area contributed by atoms with Crippen molar-refractivity contribution < 1.29 is 14.3 Å². The highest BCUT2D eigenvalue weighted by molar-refractivity contribution is 6.43. The van der Waals surface area contributed by atoms with Crippen LogP contribution >= 0.6 is 0 Å². The van der Waals surface area contributed by atoms with Crippen LogP contribution in [-0.2, 0) is 14.9 Å². The third-order valence-electron chi connectivity index (χ3n) is 3.05. The maximum Gasteiger partial charge on any atom is 0.379 e. The molecule has 0 spiro atoms. The van der Waals surface area contributed by atoms with Crippen LogP contribution in [0.15, 0.2) is 24.3 Å². The topological polar surface area (TPSA) is 59.2 Å². The lowest BCUT2D eigenvalue weighted by Gasteiger charge is -2.18. The van der Waals surface area contributed by atoms with E-state index in [-0.39, 0.29) is 5.41 Å². The minimum atomic E-state index is -0.838. The molecular weight excluding hydrogens is 242 g/mol. The fourth-order valence-electron chi connectivity index (χ4n) is 2.14. The predicted molar refractivity (Wildman–Crippen MR) is 73.3 cm³/mol. The van der Waals surface area contributed by atoms with E-state index in [1.165, 1.54) is 7.11 Å². The Labute approximate surface area is 111 Å². The van der Waals surface area contributed by atoms with Crippen LogP contribution < -0.4 is 0 Å². The maximum atomic E-state index is 12.2.